The van der Waals surface area contributed by atoms with Crippen LogP contribution in [0.5, 0.6) is 0 Å². The highest BCUT2D eigenvalue weighted by Crippen LogP contribution is 2.46. The van der Waals surface area contributed by atoms with E-state index in [-0.39, 0.29) is 18.0 Å². The summed E-state index contributed by atoms with van der Waals surface area (Å²) >= 11 is 0. The summed E-state index contributed by atoms with van der Waals surface area (Å²) in [6.07, 6.45) is 4.18. The predicted molar refractivity (Wildman–Crippen MR) is 73.6 cm³/mol. The molecule has 0 N–H and O–H groups in total. The van der Waals surface area contributed by atoms with Gasteiger partial charge in [-0.15, -0.1) is 0 Å². The van der Waals surface area contributed by atoms with Gasteiger partial charge in [-0.05, 0) is 44.7 Å². The maximum Gasteiger partial charge on any atom is 0.150 e. The van der Waals surface area contributed by atoms with Crippen molar-refractivity contribution in [2.75, 3.05) is 0 Å². The molecule has 98 valence electrons. The number of Topliss-reactive ketones (excluding diaryl/α,β-unsaturated/α-hetero) is 1. The van der Waals surface area contributed by atoms with Crippen LogP contribution in [0.4, 0.5) is 0 Å². The topological polar surface area (TPSA) is 26.3 Å². The van der Waals surface area contributed by atoms with Crippen molar-refractivity contribution in [2.24, 2.45) is 5.41 Å². The van der Waals surface area contributed by atoms with Gasteiger partial charge in [-0.1, -0.05) is 30.0 Å². The molecule has 0 aromatic heterocycles. The summed E-state index contributed by atoms with van der Waals surface area (Å²) in [5, 5.41) is 0. The first-order valence-electron chi connectivity index (χ1n) is 6.95. The molecule has 19 heavy (non-hydrogen) atoms. The van der Waals surface area contributed by atoms with E-state index in [2.05, 4.69) is 11.8 Å². The maximum absolute atomic E-state index is 12.1. The molecule has 2 heterocycles. The Morgan fingerprint density at radius 2 is 2.11 bits per heavy atom. The average Bonchev–Trinajstić information content (AvgIpc) is 2.69. The van der Waals surface area contributed by atoms with E-state index < -0.39 is 5.41 Å². The highest BCUT2D eigenvalue weighted by Gasteiger charge is 2.52. The minimum atomic E-state index is -0.572. The van der Waals surface area contributed by atoms with Crippen LogP contribution in [0.2, 0.25) is 0 Å². The zero-order valence-corrected chi connectivity index (χ0v) is 11.2. The third-order valence-electron chi connectivity index (χ3n) is 4.28. The number of ether oxygens (including phenoxy) is 1. The molecule has 3 atom stereocenters. The Labute approximate surface area is 114 Å². The third-order valence-corrected chi connectivity index (χ3v) is 4.28. The molecule has 2 fully saturated rings. The number of hydrogen-bond acceptors (Lipinski definition) is 2. The fraction of sp³-hybridized carbons (Fsp3) is 0.471. The molecular formula is C17H18O2. The molecule has 3 rings (SSSR count). The average molecular weight is 254 g/mol. The molecule has 0 spiro atoms. The molecule has 0 saturated carbocycles. The maximum atomic E-state index is 12.1. The predicted octanol–water partition coefficient (Wildman–Crippen LogP) is 2.95. The second-order valence-electron chi connectivity index (χ2n) is 5.53. The molecule has 0 amide bonds. The van der Waals surface area contributed by atoms with E-state index in [9.17, 15) is 4.79 Å². The van der Waals surface area contributed by atoms with Gasteiger partial charge in [0.25, 0.3) is 0 Å². The monoisotopic (exact) mass is 254 g/mol. The van der Waals surface area contributed by atoms with Crippen molar-refractivity contribution in [2.45, 2.75) is 44.8 Å². The number of fused-ring (bicyclic) bond motifs is 2. The minimum Gasteiger partial charge on any atom is -0.373 e. The zero-order chi connectivity index (χ0) is 13.3. The van der Waals surface area contributed by atoms with Crippen LogP contribution in [0.1, 0.15) is 38.2 Å². The van der Waals surface area contributed by atoms with Crippen molar-refractivity contribution in [3.05, 3.63) is 35.9 Å². The fourth-order valence-electron chi connectivity index (χ4n) is 3.20. The summed E-state index contributed by atoms with van der Waals surface area (Å²) in [7, 11) is 0. The molecule has 0 unspecified atom stereocenters. The summed E-state index contributed by atoms with van der Waals surface area (Å²) < 4.78 is 5.94. The van der Waals surface area contributed by atoms with Crippen LogP contribution in [-0.2, 0) is 9.53 Å². The Balaban J connectivity index is 1.95. The van der Waals surface area contributed by atoms with Crippen LogP contribution in [0, 0.1) is 17.3 Å². The first-order valence-corrected chi connectivity index (χ1v) is 6.95. The molecule has 1 aromatic carbocycles. The van der Waals surface area contributed by atoms with E-state index in [1.807, 2.05) is 30.3 Å². The number of carbonyl (C=O) groups is 1. The van der Waals surface area contributed by atoms with Crippen LogP contribution in [0.3, 0.4) is 0 Å². The van der Waals surface area contributed by atoms with Crippen LogP contribution >= 0.6 is 0 Å². The van der Waals surface area contributed by atoms with Crippen molar-refractivity contribution in [3.63, 3.8) is 0 Å². The number of carbonyl (C=O) groups excluding carboxylic acids is 1. The molecule has 2 bridgehead atoms. The van der Waals surface area contributed by atoms with Gasteiger partial charge in [-0.25, -0.2) is 0 Å². The van der Waals surface area contributed by atoms with E-state index >= 15 is 0 Å². The lowest BCUT2D eigenvalue weighted by Crippen LogP contribution is -2.36. The van der Waals surface area contributed by atoms with E-state index in [1.165, 1.54) is 0 Å². The van der Waals surface area contributed by atoms with Gasteiger partial charge in [0.2, 0.25) is 0 Å². The fourth-order valence-corrected chi connectivity index (χ4v) is 3.20. The highest BCUT2D eigenvalue weighted by atomic mass is 16.5. The Morgan fingerprint density at radius 3 is 2.79 bits per heavy atom. The van der Waals surface area contributed by atoms with E-state index in [0.717, 1.165) is 31.2 Å². The highest BCUT2D eigenvalue weighted by molar-refractivity contribution is 5.87. The molecule has 1 aromatic rings. The van der Waals surface area contributed by atoms with E-state index in [1.54, 1.807) is 6.92 Å². The van der Waals surface area contributed by atoms with Crippen LogP contribution in [0.15, 0.2) is 30.3 Å². The lowest BCUT2D eigenvalue weighted by Gasteiger charge is -2.26. The van der Waals surface area contributed by atoms with Gasteiger partial charge in [0.15, 0.2) is 5.78 Å². The summed E-state index contributed by atoms with van der Waals surface area (Å²) in [5.41, 5.74) is 0.390. The second kappa shape index (κ2) is 4.83. The van der Waals surface area contributed by atoms with Crippen molar-refractivity contribution < 1.29 is 9.53 Å². The van der Waals surface area contributed by atoms with E-state index in [0.29, 0.717) is 0 Å². The van der Waals surface area contributed by atoms with Crippen LogP contribution in [-0.4, -0.2) is 18.0 Å². The Kier molecular flexibility index (Phi) is 3.16. The molecule has 2 heteroatoms. The Hall–Kier alpha value is -1.59. The van der Waals surface area contributed by atoms with Gasteiger partial charge in [0.1, 0.15) is 5.41 Å². The summed E-state index contributed by atoms with van der Waals surface area (Å²) in [6, 6.07) is 9.85. The molecule has 2 nitrogen and oxygen atoms in total. The molecule has 2 aliphatic heterocycles. The Bertz CT molecular complexity index is 537. The molecule has 2 aliphatic rings. The number of hydrogen-bond donors (Lipinski definition) is 0. The van der Waals surface area contributed by atoms with Gasteiger partial charge in [-0.3, -0.25) is 4.79 Å². The van der Waals surface area contributed by atoms with Crippen LogP contribution < -0.4 is 0 Å². The SMILES string of the molecule is CC(=O)[C@]1(C#Cc2ccccc2)C[C@H]2CCC[C@@H]1O2. The molecule has 0 radical (unpaired) electrons. The van der Waals surface area contributed by atoms with Crippen molar-refractivity contribution in [3.8, 4) is 11.8 Å². The molecule has 0 aliphatic carbocycles. The number of ketones is 1. The first-order chi connectivity index (χ1) is 9.21. The van der Waals surface area contributed by atoms with E-state index in [4.69, 9.17) is 4.74 Å². The number of benzene rings is 1. The molecular weight excluding hydrogens is 236 g/mol. The van der Waals surface area contributed by atoms with Crippen LogP contribution in [0.25, 0.3) is 0 Å². The zero-order valence-electron chi connectivity index (χ0n) is 11.2. The Morgan fingerprint density at radius 1 is 1.32 bits per heavy atom. The number of rotatable bonds is 1. The summed E-state index contributed by atoms with van der Waals surface area (Å²) in [5.74, 6) is 6.59. The van der Waals surface area contributed by atoms with Gasteiger partial charge >= 0.3 is 0 Å². The van der Waals surface area contributed by atoms with Gasteiger partial charge in [0, 0.05) is 5.56 Å². The smallest absolute Gasteiger partial charge is 0.150 e. The lowest BCUT2D eigenvalue weighted by molar-refractivity contribution is -0.126. The largest absolute Gasteiger partial charge is 0.373 e. The molecule has 2 saturated heterocycles. The van der Waals surface area contributed by atoms with Gasteiger partial charge in [-0.2, -0.15) is 0 Å². The van der Waals surface area contributed by atoms with Gasteiger partial charge in [0.05, 0.1) is 12.2 Å². The standard InChI is InChI=1S/C17H18O2/c1-13(18)17(11-10-14-6-3-2-4-7-14)12-15-8-5-9-16(17)19-15/h2-4,6-7,15-16H,5,8-9,12H2,1H3/t15-,16+,17+/m1/s1. The first kappa shape index (κ1) is 12.4. The minimum absolute atomic E-state index is 0.0000350. The van der Waals surface area contributed by atoms with Crippen molar-refractivity contribution in [1.82, 2.24) is 0 Å². The normalized spacial score (nSPS) is 32.5. The second-order valence-corrected chi connectivity index (χ2v) is 5.53. The van der Waals surface area contributed by atoms with Crippen molar-refractivity contribution >= 4 is 5.78 Å². The quantitative estimate of drug-likeness (QED) is 0.720. The lowest BCUT2D eigenvalue weighted by atomic mass is 9.77. The third kappa shape index (κ3) is 2.19. The summed E-state index contributed by atoms with van der Waals surface area (Å²) in [6.45, 7) is 1.66. The van der Waals surface area contributed by atoms with Crippen molar-refractivity contribution in [1.29, 1.82) is 0 Å². The van der Waals surface area contributed by atoms with Gasteiger partial charge < -0.3 is 4.74 Å². The summed E-state index contributed by atoms with van der Waals surface area (Å²) in [4.78, 5) is 12.1.